The van der Waals surface area contributed by atoms with Crippen molar-refractivity contribution in [3.63, 3.8) is 0 Å². The molecule has 0 aliphatic heterocycles. The van der Waals surface area contributed by atoms with E-state index in [2.05, 4.69) is 15.3 Å². The fraction of sp³-hybridized carbons (Fsp3) is 0.444. The molecule has 0 radical (unpaired) electrons. The Morgan fingerprint density at radius 2 is 2.50 bits per heavy atom. The molecule has 72 valence electrons. The van der Waals surface area contributed by atoms with Gasteiger partial charge in [-0.25, -0.2) is 4.98 Å². The Labute approximate surface area is 81.1 Å². The fourth-order valence-corrected chi connectivity index (χ4v) is 1.36. The third-order valence-corrected chi connectivity index (χ3v) is 2.47. The highest BCUT2D eigenvalue weighted by Crippen LogP contribution is 2.27. The Morgan fingerprint density at radius 1 is 1.71 bits per heavy atom. The smallest absolute Gasteiger partial charge is 0.228 e. The summed E-state index contributed by atoms with van der Waals surface area (Å²) in [5, 5.41) is 11.3. The van der Waals surface area contributed by atoms with E-state index < -0.39 is 0 Å². The molecule has 1 aromatic heterocycles. The summed E-state index contributed by atoms with van der Waals surface area (Å²) in [6.45, 7) is 0. The van der Waals surface area contributed by atoms with Crippen LogP contribution in [-0.2, 0) is 4.79 Å². The molecule has 0 aromatic carbocycles. The lowest BCUT2D eigenvalue weighted by Gasteiger charge is -2.23. The van der Waals surface area contributed by atoms with Crippen molar-refractivity contribution in [1.29, 1.82) is 5.26 Å². The number of aromatic amines is 1. The molecule has 2 rings (SSSR count). The highest BCUT2D eigenvalue weighted by molar-refractivity contribution is 5.92. The molecule has 5 heteroatoms. The Hall–Kier alpha value is -1.83. The molecular weight excluding hydrogens is 180 g/mol. The fourth-order valence-electron chi connectivity index (χ4n) is 1.36. The van der Waals surface area contributed by atoms with E-state index in [-0.39, 0.29) is 11.8 Å². The van der Waals surface area contributed by atoms with E-state index in [1.54, 1.807) is 0 Å². The van der Waals surface area contributed by atoms with Gasteiger partial charge in [-0.2, -0.15) is 5.26 Å². The third kappa shape index (κ3) is 1.46. The Kier molecular flexibility index (Phi) is 2.19. The second-order valence-corrected chi connectivity index (χ2v) is 3.36. The van der Waals surface area contributed by atoms with Crippen LogP contribution in [0.2, 0.25) is 0 Å². The van der Waals surface area contributed by atoms with Gasteiger partial charge >= 0.3 is 0 Å². The maximum Gasteiger partial charge on any atom is 0.228 e. The van der Waals surface area contributed by atoms with Crippen LogP contribution in [0.25, 0.3) is 0 Å². The summed E-state index contributed by atoms with van der Waals surface area (Å²) < 4.78 is 0. The van der Waals surface area contributed by atoms with Gasteiger partial charge in [-0.1, -0.05) is 6.42 Å². The number of carbonyl (C=O) groups excluding carboxylic acids is 1. The molecule has 1 saturated carbocycles. The van der Waals surface area contributed by atoms with Crippen molar-refractivity contribution < 1.29 is 4.79 Å². The Balaban J connectivity index is 2.03. The lowest BCUT2D eigenvalue weighted by molar-refractivity contribution is -0.122. The SMILES string of the molecule is N#Cc1[nH]cnc1NC(=O)C1CCC1. The number of hydrogen-bond donors (Lipinski definition) is 2. The van der Waals surface area contributed by atoms with Crippen LogP contribution in [0.5, 0.6) is 0 Å². The molecule has 1 aliphatic carbocycles. The molecule has 1 aromatic rings. The minimum Gasteiger partial charge on any atom is -0.335 e. The molecule has 2 N–H and O–H groups in total. The summed E-state index contributed by atoms with van der Waals surface area (Å²) in [5.74, 6) is 0.419. The summed E-state index contributed by atoms with van der Waals surface area (Å²) in [5.41, 5.74) is 0.303. The molecule has 1 fully saturated rings. The largest absolute Gasteiger partial charge is 0.335 e. The Bertz CT molecular complexity index is 386. The van der Waals surface area contributed by atoms with E-state index in [9.17, 15) is 4.79 Å². The predicted molar refractivity (Wildman–Crippen MR) is 49.3 cm³/mol. The first-order valence-electron chi connectivity index (χ1n) is 4.55. The lowest BCUT2D eigenvalue weighted by atomic mass is 9.85. The van der Waals surface area contributed by atoms with Gasteiger partial charge in [-0.15, -0.1) is 0 Å². The number of hydrogen-bond acceptors (Lipinski definition) is 3. The van der Waals surface area contributed by atoms with Gasteiger partial charge in [-0.05, 0) is 12.8 Å². The molecule has 5 nitrogen and oxygen atoms in total. The Morgan fingerprint density at radius 3 is 3.07 bits per heavy atom. The second-order valence-electron chi connectivity index (χ2n) is 3.36. The zero-order valence-electron chi connectivity index (χ0n) is 7.58. The zero-order valence-corrected chi connectivity index (χ0v) is 7.58. The number of rotatable bonds is 2. The minimum absolute atomic E-state index is 0.0279. The first-order valence-corrected chi connectivity index (χ1v) is 4.55. The highest BCUT2D eigenvalue weighted by Gasteiger charge is 2.26. The topological polar surface area (TPSA) is 81.6 Å². The average molecular weight is 190 g/mol. The molecule has 1 heterocycles. The van der Waals surface area contributed by atoms with Crippen LogP contribution in [0, 0.1) is 17.2 Å². The summed E-state index contributed by atoms with van der Waals surface area (Å²) in [4.78, 5) is 18.0. The molecule has 0 bridgehead atoms. The van der Waals surface area contributed by atoms with E-state index in [4.69, 9.17) is 5.26 Å². The van der Waals surface area contributed by atoms with Crippen LogP contribution in [0.15, 0.2) is 6.33 Å². The van der Waals surface area contributed by atoms with Crippen molar-refractivity contribution in [2.75, 3.05) is 5.32 Å². The molecule has 0 atom stereocenters. The summed E-state index contributed by atoms with van der Waals surface area (Å²) in [7, 11) is 0. The van der Waals surface area contributed by atoms with E-state index in [0.717, 1.165) is 19.3 Å². The van der Waals surface area contributed by atoms with E-state index >= 15 is 0 Å². The first kappa shape index (κ1) is 8.75. The molecule has 0 unspecified atom stereocenters. The normalized spacial score (nSPS) is 15.6. The maximum atomic E-state index is 11.5. The van der Waals surface area contributed by atoms with Crippen LogP contribution in [0.3, 0.4) is 0 Å². The van der Waals surface area contributed by atoms with Crippen LogP contribution in [-0.4, -0.2) is 15.9 Å². The van der Waals surface area contributed by atoms with Crippen molar-refractivity contribution in [3.05, 3.63) is 12.0 Å². The molecule has 0 saturated heterocycles. The zero-order chi connectivity index (χ0) is 9.97. The van der Waals surface area contributed by atoms with Gasteiger partial charge in [0.1, 0.15) is 6.07 Å². The highest BCUT2D eigenvalue weighted by atomic mass is 16.2. The number of carbonyl (C=O) groups is 1. The number of imidazole rings is 1. The second kappa shape index (κ2) is 3.50. The van der Waals surface area contributed by atoms with Gasteiger partial charge < -0.3 is 10.3 Å². The molecular formula is C9H10N4O. The summed E-state index contributed by atoms with van der Waals surface area (Å²) in [6.07, 6.45) is 4.40. The van der Waals surface area contributed by atoms with Crippen molar-refractivity contribution in [2.24, 2.45) is 5.92 Å². The van der Waals surface area contributed by atoms with E-state index in [0.29, 0.717) is 11.5 Å². The number of amides is 1. The van der Waals surface area contributed by atoms with Gasteiger partial charge in [-0.3, -0.25) is 4.79 Å². The van der Waals surface area contributed by atoms with Gasteiger partial charge in [0, 0.05) is 5.92 Å². The number of nitriles is 1. The molecule has 1 aliphatic rings. The van der Waals surface area contributed by atoms with Crippen molar-refractivity contribution in [1.82, 2.24) is 9.97 Å². The maximum absolute atomic E-state index is 11.5. The van der Waals surface area contributed by atoms with Gasteiger partial charge in [0.15, 0.2) is 11.5 Å². The number of anilines is 1. The number of nitrogens with one attached hydrogen (secondary N) is 2. The van der Waals surface area contributed by atoms with E-state index in [1.165, 1.54) is 6.33 Å². The molecule has 14 heavy (non-hydrogen) atoms. The minimum atomic E-state index is -0.0279. The summed E-state index contributed by atoms with van der Waals surface area (Å²) in [6, 6.07) is 1.92. The summed E-state index contributed by atoms with van der Waals surface area (Å²) >= 11 is 0. The third-order valence-electron chi connectivity index (χ3n) is 2.47. The van der Waals surface area contributed by atoms with Gasteiger partial charge in [0.25, 0.3) is 0 Å². The van der Waals surface area contributed by atoms with Crippen LogP contribution in [0.1, 0.15) is 25.0 Å². The van der Waals surface area contributed by atoms with Crippen molar-refractivity contribution in [2.45, 2.75) is 19.3 Å². The monoisotopic (exact) mass is 190 g/mol. The van der Waals surface area contributed by atoms with Crippen LogP contribution < -0.4 is 5.32 Å². The van der Waals surface area contributed by atoms with Crippen LogP contribution >= 0.6 is 0 Å². The van der Waals surface area contributed by atoms with Crippen molar-refractivity contribution in [3.8, 4) is 6.07 Å². The quantitative estimate of drug-likeness (QED) is 0.730. The van der Waals surface area contributed by atoms with Crippen molar-refractivity contribution >= 4 is 11.7 Å². The predicted octanol–water partition coefficient (Wildman–Crippen LogP) is 1.02. The number of nitrogens with zero attached hydrogens (tertiary/aromatic N) is 2. The number of H-pyrrole nitrogens is 1. The van der Waals surface area contributed by atoms with Gasteiger partial charge in [0.05, 0.1) is 6.33 Å². The standard InChI is InChI=1S/C9H10N4O/c10-4-7-8(12-5-11-7)13-9(14)6-2-1-3-6/h5-6H,1-3H2,(H,11,12)(H,13,14). The average Bonchev–Trinajstić information content (AvgIpc) is 2.48. The van der Waals surface area contributed by atoms with Crippen LogP contribution in [0.4, 0.5) is 5.82 Å². The lowest BCUT2D eigenvalue weighted by Crippen LogP contribution is -2.28. The van der Waals surface area contributed by atoms with Gasteiger partial charge in [0.2, 0.25) is 5.91 Å². The number of aromatic nitrogens is 2. The molecule has 1 amide bonds. The first-order chi connectivity index (χ1) is 6.81. The van der Waals surface area contributed by atoms with E-state index in [1.807, 2.05) is 6.07 Å². The molecule has 0 spiro atoms.